The average molecular weight is 305 g/mol. The monoisotopic (exact) mass is 305 g/mol. The van der Waals surface area contributed by atoms with E-state index in [2.05, 4.69) is 9.88 Å². The molecule has 0 aliphatic heterocycles. The van der Waals surface area contributed by atoms with Gasteiger partial charge in [0.1, 0.15) is 0 Å². The molecule has 0 spiro atoms. The van der Waals surface area contributed by atoms with Crippen LogP contribution in [0.1, 0.15) is 6.92 Å². The Balaban J connectivity index is 2.13. The average Bonchev–Trinajstić information content (AvgIpc) is 2.86. The summed E-state index contributed by atoms with van der Waals surface area (Å²) >= 11 is 0. The van der Waals surface area contributed by atoms with Gasteiger partial charge in [-0.2, -0.15) is 0 Å². The molecule has 1 aromatic heterocycles. The number of amides is 2. The highest BCUT2D eigenvalue weighted by Crippen LogP contribution is 2.21. The van der Waals surface area contributed by atoms with E-state index in [0.717, 1.165) is 23.1 Å². The Morgan fingerprint density at radius 2 is 2.23 bits per heavy atom. The van der Waals surface area contributed by atoms with Crippen molar-refractivity contribution in [3.8, 4) is 0 Å². The van der Waals surface area contributed by atoms with Gasteiger partial charge in [0.2, 0.25) is 0 Å². The first-order valence-electron chi connectivity index (χ1n) is 7.29. The van der Waals surface area contributed by atoms with E-state index in [1.165, 1.54) is 4.90 Å². The van der Waals surface area contributed by atoms with Crippen LogP contribution in [-0.2, 0) is 11.3 Å². The number of nitrogens with one attached hydrogen (secondary N) is 1. The lowest BCUT2D eigenvalue weighted by Gasteiger charge is -2.19. The summed E-state index contributed by atoms with van der Waals surface area (Å²) in [5, 5.41) is 13.3. The second-order valence-electron chi connectivity index (χ2n) is 5.44. The third-order valence-electron chi connectivity index (χ3n) is 3.45. The zero-order valence-electron chi connectivity index (χ0n) is 13.2. The Kier molecular flexibility index (Phi) is 5.41. The summed E-state index contributed by atoms with van der Waals surface area (Å²) in [5.74, 6) is 0. The molecule has 6 heteroatoms. The van der Waals surface area contributed by atoms with Crippen LogP contribution in [0.15, 0.2) is 30.5 Å². The third kappa shape index (κ3) is 3.99. The summed E-state index contributed by atoms with van der Waals surface area (Å²) in [6.07, 6.45) is 1.46. The molecule has 2 rings (SSSR count). The van der Waals surface area contributed by atoms with Crippen LogP contribution in [0.5, 0.6) is 0 Å². The predicted molar refractivity (Wildman–Crippen MR) is 87.1 cm³/mol. The van der Waals surface area contributed by atoms with Crippen molar-refractivity contribution in [2.45, 2.75) is 19.6 Å². The molecule has 120 valence electrons. The summed E-state index contributed by atoms with van der Waals surface area (Å²) < 4.78 is 7.20. The van der Waals surface area contributed by atoms with Crippen molar-refractivity contribution in [2.24, 2.45) is 0 Å². The third-order valence-corrected chi connectivity index (χ3v) is 3.45. The molecule has 22 heavy (non-hydrogen) atoms. The number of nitrogens with zero attached hydrogens (tertiary/aromatic N) is 2. The highest BCUT2D eigenvalue weighted by atomic mass is 16.5. The van der Waals surface area contributed by atoms with Gasteiger partial charge in [0, 0.05) is 39.1 Å². The molecule has 6 nitrogen and oxygen atoms in total. The lowest BCUT2D eigenvalue weighted by atomic mass is 10.2. The number of rotatable bonds is 6. The molecule has 1 unspecified atom stereocenters. The minimum absolute atomic E-state index is 0.241. The van der Waals surface area contributed by atoms with Crippen LogP contribution in [0.2, 0.25) is 0 Å². The number of aromatic nitrogens is 1. The van der Waals surface area contributed by atoms with Crippen LogP contribution in [-0.4, -0.2) is 54.0 Å². The molecule has 0 aliphatic carbocycles. The SMILES string of the molecule is COCCn1ccc2ccc(NC(=O)N(C)CC(C)O)cc21. The van der Waals surface area contributed by atoms with E-state index in [1.807, 2.05) is 30.5 Å². The molecule has 0 fully saturated rings. The largest absolute Gasteiger partial charge is 0.392 e. The van der Waals surface area contributed by atoms with Crippen molar-refractivity contribution >= 4 is 22.6 Å². The summed E-state index contributed by atoms with van der Waals surface area (Å²) in [7, 11) is 3.33. The van der Waals surface area contributed by atoms with Crippen LogP contribution < -0.4 is 5.32 Å². The number of ether oxygens (including phenoxy) is 1. The molecule has 2 N–H and O–H groups in total. The molecule has 2 amide bonds. The topological polar surface area (TPSA) is 66.7 Å². The first-order chi connectivity index (χ1) is 10.5. The lowest BCUT2D eigenvalue weighted by Crippen LogP contribution is -2.36. The Morgan fingerprint density at radius 1 is 1.45 bits per heavy atom. The number of likely N-dealkylation sites (N-methyl/N-ethyl adjacent to an activating group) is 1. The van der Waals surface area contributed by atoms with Gasteiger partial charge in [-0.3, -0.25) is 0 Å². The first kappa shape index (κ1) is 16.3. The number of carbonyl (C=O) groups is 1. The number of benzene rings is 1. The van der Waals surface area contributed by atoms with Crippen LogP contribution in [0, 0.1) is 0 Å². The predicted octanol–water partition coefficient (Wildman–Crippen LogP) is 2.13. The zero-order valence-corrected chi connectivity index (χ0v) is 13.2. The minimum atomic E-state index is -0.551. The second-order valence-corrected chi connectivity index (χ2v) is 5.44. The molecular weight excluding hydrogens is 282 g/mol. The van der Waals surface area contributed by atoms with Gasteiger partial charge >= 0.3 is 6.03 Å². The number of aliphatic hydroxyl groups excluding tert-OH is 1. The van der Waals surface area contributed by atoms with E-state index >= 15 is 0 Å². The van der Waals surface area contributed by atoms with Gasteiger partial charge in [0.25, 0.3) is 0 Å². The van der Waals surface area contributed by atoms with Gasteiger partial charge in [-0.25, -0.2) is 4.79 Å². The maximum Gasteiger partial charge on any atom is 0.321 e. The quantitative estimate of drug-likeness (QED) is 0.859. The van der Waals surface area contributed by atoms with Crippen molar-refractivity contribution in [2.75, 3.05) is 32.6 Å². The van der Waals surface area contributed by atoms with Crippen LogP contribution >= 0.6 is 0 Å². The first-order valence-corrected chi connectivity index (χ1v) is 7.29. The molecule has 0 saturated heterocycles. The Bertz CT molecular complexity index is 637. The highest BCUT2D eigenvalue weighted by molar-refractivity contribution is 5.92. The van der Waals surface area contributed by atoms with Gasteiger partial charge in [-0.05, 0) is 30.5 Å². The zero-order chi connectivity index (χ0) is 16.1. The maximum absolute atomic E-state index is 12.1. The van der Waals surface area contributed by atoms with Gasteiger partial charge in [0.05, 0.1) is 18.2 Å². The van der Waals surface area contributed by atoms with Crippen molar-refractivity contribution in [3.63, 3.8) is 0 Å². The Morgan fingerprint density at radius 3 is 2.91 bits per heavy atom. The van der Waals surface area contributed by atoms with Crippen molar-refractivity contribution in [1.29, 1.82) is 0 Å². The number of hydrogen-bond donors (Lipinski definition) is 2. The van der Waals surface area contributed by atoms with Crippen LogP contribution in [0.25, 0.3) is 10.9 Å². The van der Waals surface area contributed by atoms with Crippen LogP contribution in [0.4, 0.5) is 10.5 Å². The Labute approximate surface area is 130 Å². The lowest BCUT2D eigenvalue weighted by molar-refractivity contribution is 0.149. The highest BCUT2D eigenvalue weighted by Gasteiger charge is 2.11. The van der Waals surface area contributed by atoms with E-state index < -0.39 is 6.10 Å². The molecule has 0 bridgehead atoms. The molecule has 2 aromatic rings. The van der Waals surface area contributed by atoms with Gasteiger partial charge < -0.3 is 24.6 Å². The van der Waals surface area contributed by atoms with Crippen molar-refractivity contribution < 1.29 is 14.6 Å². The number of fused-ring (bicyclic) bond motifs is 1. The van der Waals surface area contributed by atoms with E-state index in [0.29, 0.717) is 6.61 Å². The number of carbonyl (C=O) groups excluding carboxylic acids is 1. The van der Waals surface area contributed by atoms with E-state index in [-0.39, 0.29) is 12.6 Å². The number of methoxy groups -OCH3 is 1. The van der Waals surface area contributed by atoms with Crippen molar-refractivity contribution in [1.82, 2.24) is 9.47 Å². The fourth-order valence-corrected chi connectivity index (χ4v) is 2.34. The maximum atomic E-state index is 12.1. The molecule has 1 heterocycles. The minimum Gasteiger partial charge on any atom is -0.392 e. The van der Waals surface area contributed by atoms with Gasteiger partial charge in [-0.15, -0.1) is 0 Å². The number of aliphatic hydroxyl groups is 1. The summed E-state index contributed by atoms with van der Waals surface area (Å²) in [5.41, 5.74) is 1.78. The fraction of sp³-hybridized carbons (Fsp3) is 0.438. The molecule has 1 atom stereocenters. The number of urea groups is 1. The second kappa shape index (κ2) is 7.29. The normalized spacial score (nSPS) is 12.4. The van der Waals surface area contributed by atoms with E-state index in [9.17, 15) is 9.90 Å². The standard InChI is InChI=1S/C16H23N3O3/c1-12(20)11-18(2)16(21)17-14-5-4-13-6-7-19(8-9-22-3)15(13)10-14/h4-7,10,12,20H,8-9,11H2,1-3H3,(H,17,21). The van der Waals surface area contributed by atoms with Gasteiger partial charge in [0.15, 0.2) is 0 Å². The van der Waals surface area contributed by atoms with Crippen LogP contribution in [0.3, 0.4) is 0 Å². The van der Waals surface area contributed by atoms with Crippen molar-refractivity contribution in [3.05, 3.63) is 30.5 Å². The summed E-state index contributed by atoms with van der Waals surface area (Å²) in [6, 6.07) is 7.59. The summed E-state index contributed by atoms with van der Waals surface area (Å²) in [4.78, 5) is 13.5. The van der Waals surface area contributed by atoms with Gasteiger partial charge in [-0.1, -0.05) is 6.07 Å². The smallest absolute Gasteiger partial charge is 0.321 e. The Hall–Kier alpha value is -2.05. The number of hydrogen-bond acceptors (Lipinski definition) is 3. The molecule has 0 saturated carbocycles. The molecule has 0 aliphatic rings. The fourth-order valence-electron chi connectivity index (χ4n) is 2.34. The molecular formula is C16H23N3O3. The molecule has 1 aromatic carbocycles. The molecule has 0 radical (unpaired) electrons. The van der Waals surface area contributed by atoms with E-state index in [1.54, 1.807) is 21.1 Å². The number of anilines is 1. The van der Waals surface area contributed by atoms with E-state index in [4.69, 9.17) is 4.74 Å². The summed E-state index contributed by atoms with van der Waals surface area (Å²) in [6.45, 7) is 3.34.